The highest BCUT2D eigenvalue weighted by atomic mass is 16.6. The average Bonchev–Trinajstić information content (AvgIpc) is 3.29. The Labute approximate surface area is 251 Å². The number of rotatable bonds is 14. The fourth-order valence-electron chi connectivity index (χ4n) is 6.16. The molecule has 2 aromatic carbocycles. The number of benzene rings is 2. The summed E-state index contributed by atoms with van der Waals surface area (Å²) in [7, 11) is 0. The molecule has 1 spiro atoms. The molecule has 0 aliphatic carbocycles. The molecular weight excluding hydrogens is 524 g/mol. The molecule has 0 fully saturated rings. The summed E-state index contributed by atoms with van der Waals surface area (Å²) in [6, 6.07) is 14.0. The van der Waals surface area contributed by atoms with Crippen molar-refractivity contribution in [3.63, 3.8) is 0 Å². The molecule has 2 aliphatic heterocycles. The van der Waals surface area contributed by atoms with Crippen LogP contribution in [0.1, 0.15) is 112 Å². The zero-order valence-electron chi connectivity index (χ0n) is 26.0. The highest BCUT2D eigenvalue weighted by Gasteiger charge is 2.55. The highest BCUT2D eigenvalue weighted by Crippen LogP contribution is 2.57. The zero-order chi connectivity index (χ0) is 29.7. The molecule has 224 valence electrons. The van der Waals surface area contributed by atoms with Crippen LogP contribution >= 0.6 is 0 Å². The third kappa shape index (κ3) is 5.46. The molecule has 1 unspecified atom stereocenters. The van der Waals surface area contributed by atoms with Crippen LogP contribution in [0.5, 0.6) is 11.6 Å². The summed E-state index contributed by atoms with van der Waals surface area (Å²) in [5, 5.41) is 0. The summed E-state index contributed by atoms with van der Waals surface area (Å²) in [5.41, 5.74) is 3.64. The summed E-state index contributed by atoms with van der Waals surface area (Å²) in [6.45, 7) is 14.6. The highest BCUT2D eigenvalue weighted by molar-refractivity contribution is 5.97. The molecule has 3 aromatic rings. The first kappa shape index (κ1) is 29.9. The van der Waals surface area contributed by atoms with Crippen LogP contribution in [0.4, 0.5) is 11.6 Å². The van der Waals surface area contributed by atoms with Gasteiger partial charge in [0, 0.05) is 49.1 Å². The maximum atomic E-state index is 13.4. The largest absolute Gasteiger partial charge is 0.440 e. The van der Waals surface area contributed by atoms with E-state index in [9.17, 15) is 4.79 Å². The number of nitrogens with zero attached hydrogens (tertiary/aromatic N) is 4. The predicted octanol–water partition coefficient (Wildman–Crippen LogP) is 8.17. The Kier molecular flexibility index (Phi) is 9.34. The van der Waals surface area contributed by atoms with Gasteiger partial charge in [-0.05, 0) is 50.8 Å². The van der Waals surface area contributed by atoms with Crippen molar-refractivity contribution in [2.75, 3.05) is 36.0 Å². The van der Waals surface area contributed by atoms with Crippen molar-refractivity contribution in [2.45, 2.75) is 91.6 Å². The number of aromatic nitrogens is 2. The van der Waals surface area contributed by atoms with Crippen molar-refractivity contribution < 1.29 is 14.3 Å². The van der Waals surface area contributed by atoms with Crippen LogP contribution in [0.25, 0.3) is 0 Å². The van der Waals surface area contributed by atoms with Gasteiger partial charge in [-0.25, -0.2) is 9.78 Å². The standard InChI is InChI=1S/C35H46N4O3/c1-6-10-20-38(21-11-7-2)26-18-19-29-30(24-26)41-32-31(35(29)28-17-15-14-16-27(28)33(40)42-35)25(5)36-34(37-32)39(22-12-8-3)23-13-9-4/h14-19,24H,6-13,20-23H2,1-5H3. The van der Waals surface area contributed by atoms with Gasteiger partial charge in [0.05, 0.1) is 16.8 Å². The quantitative estimate of drug-likeness (QED) is 0.181. The van der Waals surface area contributed by atoms with E-state index in [1.807, 2.05) is 31.2 Å². The topological polar surface area (TPSA) is 67.8 Å². The minimum atomic E-state index is -1.16. The van der Waals surface area contributed by atoms with Crippen LogP contribution in [0.15, 0.2) is 42.5 Å². The van der Waals surface area contributed by atoms with Gasteiger partial charge in [0.2, 0.25) is 11.8 Å². The van der Waals surface area contributed by atoms with Gasteiger partial charge < -0.3 is 19.3 Å². The third-order valence-electron chi connectivity index (χ3n) is 8.49. The summed E-state index contributed by atoms with van der Waals surface area (Å²) in [5.74, 6) is 1.49. The smallest absolute Gasteiger partial charge is 0.340 e. The SMILES string of the molecule is CCCCN(CCCC)c1ccc2c(c1)Oc1nc(N(CCCC)CCCC)nc(C)c1C21OC(=O)c2ccccc21. The lowest BCUT2D eigenvalue weighted by Crippen LogP contribution is -2.36. The van der Waals surface area contributed by atoms with Crippen molar-refractivity contribution in [1.29, 1.82) is 0 Å². The number of ether oxygens (including phenoxy) is 2. The number of esters is 1. The first-order valence-electron chi connectivity index (χ1n) is 16.0. The number of fused-ring (bicyclic) bond motifs is 6. The van der Waals surface area contributed by atoms with Gasteiger partial charge >= 0.3 is 5.97 Å². The van der Waals surface area contributed by atoms with Gasteiger partial charge in [-0.1, -0.05) is 71.6 Å². The lowest BCUT2D eigenvalue weighted by Gasteiger charge is -2.38. The molecule has 1 aromatic heterocycles. The van der Waals surface area contributed by atoms with Crippen LogP contribution in [-0.4, -0.2) is 42.1 Å². The van der Waals surface area contributed by atoms with E-state index >= 15 is 0 Å². The molecule has 0 amide bonds. The molecule has 3 heterocycles. The van der Waals surface area contributed by atoms with Gasteiger partial charge in [-0.15, -0.1) is 0 Å². The Bertz CT molecular complexity index is 1390. The first-order valence-corrected chi connectivity index (χ1v) is 16.0. The molecule has 2 aliphatic rings. The number of hydrogen-bond donors (Lipinski definition) is 0. The summed E-state index contributed by atoms with van der Waals surface area (Å²) >= 11 is 0. The van der Waals surface area contributed by atoms with Crippen LogP contribution in [0, 0.1) is 6.92 Å². The van der Waals surface area contributed by atoms with E-state index < -0.39 is 5.60 Å². The Morgan fingerprint density at radius 1 is 0.762 bits per heavy atom. The number of hydrogen-bond acceptors (Lipinski definition) is 7. The van der Waals surface area contributed by atoms with E-state index in [0.29, 0.717) is 28.7 Å². The molecule has 0 N–H and O–H groups in total. The average molecular weight is 571 g/mol. The fourth-order valence-corrected chi connectivity index (χ4v) is 6.16. The fraction of sp³-hybridized carbons (Fsp3) is 0.514. The van der Waals surface area contributed by atoms with E-state index in [0.717, 1.165) is 100 Å². The zero-order valence-corrected chi connectivity index (χ0v) is 26.0. The molecule has 42 heavy (non-hydrogen) atoms. The van der Waals surface area contributed by atoms with Crippen LogP contribution in [0.3, 0.4) is 0 Å². The molecule has 1 atom stereocenters. The Balaban J connectivity index is 1.68. The van der Waals surface area contributed by atoms with Gasteiger partial charge in [-0.3, -0.25) is 0 Å². The van der Waals surface area contributed by atoms with Crippen molar-refractivity contribution in [3.05, 3.63) is 70.4 Å². The second kappa shape index (κ2) is 13.1. The second-order valence-corrected chi connectivity index (χ2v) is 11.6. The van der Waals surface area contributed by atoms with Crippen molar-refractivity contribution >= 4 is 17.6 Å². The Morgan fingerprint density at radius 3 is 2.02 bits per heavy atom. The van der Waals surface area contributed by atoms with Crippen molar-refractivity contribution in [3.8, 4) is 11.6 Å². The molecule has 0 saturated heterocycles. The van der Waals surface area contributed by atoms with Crippen LogP contribution in [0.2, 0.25) is 0 Å². The molecule has 0 radical (unpaired) electrons. The monoisotopic (exact) mass is 570 g/mol. The molecular formula is C35H46N4O3. The van der Waals surface area contributed by atoms with Crippen LogP contribution in [-0.2, 0) is 10.3 Å². The minimum absolute atomic E-state index is 0.336. The van der Waals surface area contributed by atoms with E-state index in [-0.39, 0.29) is 5.97 Å². The lowest BCUT2D eigenvalue weighted by atomic mass is 9.77. The molecule has 7 heteroatoms. The number of aryl methyl sites for hydroxylation is 1. The van der Waals surface area contributed by atoms with E-state index in [1.165, 1.54) is 0 Å². The summed E-state index contributed by atoms with van der Waals surface area (Å²) in [6.07, 6.45) is 8.86. The van der Waals surface area contributed by atoms with Crippen LogP contribution < -0.4 is 14.5 Å². The summed E-state index contributed by atoms with van der Waals surface area (Å²) < 4.78 is 13.1. The number of anilines is 2. The molecule has 0 bridgehead atoms. The van der Waals surface area contributed by atoms with Gasteiger partial charge in [0.15, 0.2) is 5.60 Å². The van der Waals surface area contributed by atoms with E-state index in [2.05, 4.69) is 55.7 Å². The molecule has 7 nitrogen and oxygen atoms in total. The van der Waals surface area contributed by atoms with Crippen molar-refractivity contribution in [1.82, 2.24) is 9.97 Å². The molecule has 5 rings (SSSR count). The maximum absolute atomic E-state index is 13.4. The lowest BCUT2D eigenvalue weighted by molar-refractivity contribution is 0.0218. The normalized spacial score (nSPS) is 16.5. The third-order valence-corrected chi connectivity index (χ3v) is 8.49. The number of carbonyl (C=O) groups is 1. The maximum Gasteiger partial charge on any atom is 0.340 e. The van der Waals surface area contributed by atoms with E-state index in [4.69, 9.17) is 19.4 Å². The van der Waals surface area contributed by atoms with Gasteiger partial charge in [-0.2, -0.15) is 4.98 Å². The minimum Gasteiger partial charge on any atom is -0.440 e. The Hall–Kier alpha value is -3.61. The van der Waals surface area contributed by atoms with Gasteiger partial charge in [0.1, 0.15) is 5.75 Å². The number of unbranched alkanes of at least 4 members (excludes halogenated alkanes) is 4. The van der Waals surface area contributed by atoms with Gasteiger partial charge in [0.25, 0.3) is 0 Å². The Morgan fingerprint density at radius 2 is 1.38 bits per heavy atom. The number of carbonyl (C=O) groups excluding carboxylic acids is 1. The van der Waals surface area contributed by atoms with E-state index in [1.54, 1.807) is 0 Å². The molecule has 0 saturated carbocycles. The summed E-state index contributed by atoms with van der Waals surface area (Å²) in [4.78, 5) is 28.2. The van der Waals surface area contributed by atoms with Crippen molar-refractivity contribution in [2.24, 2.45) is 0 Å². The predicted molar refractivity (Wildman–Crippen MR) is 169 cm³/mol. The first-order chi connectivity index (χ1) is 20.5. The second-order valence-electron chi connectivity index (χ2n) is 11.6.